The third-order valence-electron chi connectivity index (χ3n) is 3.22. The zero-order valence-electron chi connectivity index (χ0n) is 11.9. The van der Waals surface area contributed by atoms with Gasteiger partial charge in [0.15, 0.2) is 5.82 Å². The van der Waals surface area contributed by atoms with E-state index < -0.39 is 0 Å². The first-order valence-electron chi connectivity index (χ1n) is 6.81. The monoisotopic (exact) mass is 270 g/mol. The second kappa shape index (κ2) is 4.96. The average molecular weight is 270 g/mol. The fraction of sp³-hybridized carbons (Fsp3) is 0.357. The van der Waals surface area contributed by atoms with E-state index in [-0.39, 0.29) is 0 Å². The lowest BCUT2D eigenvalue weighted by atomic mass is 10.1. The summed E-state index contributed by atoms with van der Waals surface area (Å²) in [5.74, 6) is 1.19. The first kappa shape index (κ1) is 12.7. The van der Waals surface area contributed by atoms with Crippen LogP contribution in [0.4, 0.5) is 11.5 Å². The Bertz CT molecular complexity index is 724. The maximum atomic E-state index is 4.55. The molecule has 0 unspecified atom stereocenters. The van der Waals surface area contributed by atoms with Gasteiger partial charge >= 0.3 is 0 Å². The largest absolute Gasteiger partial charge is 0.336 e. The van der Waals surface area contributed by atoms with E-state index in [4.69, 9.17) is 0 Å². The summed E-state index contributed by atoms with van der Waals surface area (Å²) in [6, 6.07) is 2.07. The Morgan fingerprint density at radius 1 is 1.35 bits per heavy atom. The molecule has 3 aromatic rings. The van der Waals surface area contributed by atoms with Crippen LogP contribution in [0.25, 0.3) is 5.52 Å². The van der Waals surface area contributed by atoms with Crippen molar-refractivity contribution in [3.8, 4) is 0 Å². The topological polar surface area (TPSA) is 60.0 Å². The molecule has 0 radical (unpaired) electrons. The second-order valence-electron chi connectivity index (χ2n) is 5.04. The summed E-state index contributed by atoms with van der Waals surface area (Å²) in [7, 11) is 0. The molecular formula is C14H18N6. The maximum absolute atomic E-state index is 4.55. The van der Waals surface area contributed by atoms with E-state index in [0.717, 1.165) is 29.3 Å². The third kappa shape index (κ3) is 2.24. The van der Waals surface area contributed by atoms with Gasteiger partial charge in [-0.1, -0.05) is 13.8 Å². The van der Waals surface area contributed by atoms with Crippen LogP contribution in [0, 0.1) is 0 Å². The molecule has 104 valence electrons. The van der Waals surface area contributed by atoms with Gasteiger partial charge in [-0.25, -0.2) is 9.50 Å². The van der Waals surface area contributed by atoms with E-state index in [2.05, 4.69) is 47.3 Å². The average Bonchev–Trinajstić information content (AvgIpc) is 3.05. The van der Waals surface area contributed by atoms with Gasteiger partial charge in [-0.2, -0.15) is 10.2 Å². The van der Waals surface area contributed by atoms with Crippen molar-refractivity contribution in [3.05, 3.63) is 36.5 Å². The molecule has 0 atom stereocenters. The highest BCUT2D eigenvalue weighted by atomic mass is 15.3. The summed E-state index contributed by atoms with van der Waals surface area (Å²) in [5, 5.41) is 12.1. The van der Waals surface area contributed by atoms with Crippen molar-refractivity contribution in [2.75, 3.05) is 5.32 Å². The zero-order valence-corrected chi connectivity index (χ0v) is 11.9. The molecule has 0 saturated heterocycles. The second-order valence-corrected chi connectivity index (χ2v) is 5.04. The molecule has 0 amide bonds. The van der Waals surface area contributed by atoms with Crippen molar-refractivity contribution < 1.29 is 0 Å². The fourth-order valence-electron chi connectivity index (χ4n) is 2.06. The molecule has 0 bridgehead atoms. The molecule has 0 fully saturated rings. The quantitative estimate of drug-likeness (QED) is 0.792. The van der Waals surface area contributed by atoms with Crippen molar-refractivity contribution in [1.29, 1.82) is 0 Å². The van der Waals surface area contributed by atoms with E-state index >= 15 is 0 Å². The van der Waals surface area contributed by atoms with Crippen molar-refractivity contribution in [1.82, 2.24) is 24.4 Å². The van der Waals surface area contributed by atoms with Crippen LogP contribution in [0.15, 0.2) is 30.9 Å². The summed E-state index contributed by atoms with van der Waals surface area (Å²) >= 11 is 0. The summed E-state index contributed by atoms with van der Waals surface area (Å²) in [6.45, 7) is 7.17. The highest BCUT2D eigenvalue weighted by molar-refractivity contribution is 5.72. The fourth-order valence-corrected chi connectivity index (χ4v) is 2.06. The predicted octanol–water partition coefficient (Wildman–Crippen LogP) is 2.81. The molecule has 0 aliphatic carbocycles. The molecule has 3 heterocycles. The normalized spacial score (nSPS) is 11.4. The van der Waals surface area contributed by atoms with Gasteiger partial charge in [0, 0.05) is 25.1 Å². The highest BCUT2D eigenvalue weighted by Crippen LogP contribution is 2.22. The van der Waals surface area contributed by atoms with Gasteiger partial charge in [-0.3, -0.25) is 4.68 Å². The Balaban J connectivity index is 1.98. The Hall–Kier alpha value is -2.37. The number of aromatic nitrogens is 5. The van der Waals surface area contributed by atoms with E-state index in [1.54, 1.807) is 12.4 Å². The van der Waals surface area contributed by atoms with Crippen LogP contribution in [0.1, 0.15) is 32.4 Å². The summed E-state index contributed by atoms with van der Waals surface area (Å²) < 4.78 is 3.73. The minimum Gasteiger partial charge on any atom is -0.336 e. The molecule has 20 heavy (non-hydrogen) atoms. The molecule has 0 aromatic carbocycles. The van der Waals surface area contributed by atoms with Crippen LogP contribution < -0.4 is 5.32 Å². The van der Waals surface area contributed by atoms with Gasteiger partial charge in [-0.15, -0.1) is 0 Å². The lowest BCUT2D eigenvalue weighted by Crippen LogP contribution is -1.97. The molecule has 3 aromatic heterocycles. The third-order valence-corrected chi connectivity index (χ3v) is 3.22. The van der Waals surface area contributed by atoms with Gasteiger partial charge in [0.1, 0.15) is 5.52 Å². The highest BCUT2D eigenvalue weighted by Gasteiger charge is 2.10. The van der Waals surface area contributed by atoms with E-state index in [0.29, 0.717) is 5.92 Å². The molecule has 0 saturated carbocycles. The van der Waals surface area contributed by atoms with Gasteiger partial charge in [-0.05, 0) is 18.9 Å². The van der Waals surface area contributed by atoms with Gasteiger partial charge in [0.25, 0.3) is 0 Å². The molecule has 0 spiro atoms. The predicted molar refractivity (Wildman–Crippen MR) is 78.3 cm³/mol. The Labute approximate surface area is 117 Å². The van der Waals surface area contributed by atoms with Gasteiger partial charge < -0.3 is 5.32 Å². The number of hydrogen-bond donors (Lipinski definition) is 1. The van der Waals surface area contributed by atoms with Crippen LogP contribution in [0.5, 0.6) is 0 Å². The van der Waals surface area contributed by atoms with Crippen LogP contribution in [0.3, 0.4) is 0 Å². The van der Waals surface area contributed by atoms with Crippen molar-refractivity contribution in [2.24, 2.45) is 0 Å². The summed E-state index contributed by atoms with van der Waals surface area (Å²) in [6.07, 6.45) is 7.37. The number of rotatable bonds is 4. The van der Waals surface area contributed by atoms with Crippen LogP contribution in [-0.4, -0.2) is 24.4 Å². The van der Waals surface area contributed by atoms with Gasteiger partial charge in [0.05, 0.1) is 17.6 Å². The number of nitrogens with one attached hydrogen (secondary N) is 1. The number of hydrogen-bond acceptors (Lipinski definition) is 4. The van der Waals surface area contributed by atoms with Crippen LogP contribution in [0.2, 0.25) is 0 Å². The van der Waals surface area contributed by atoms with Crippen molar-refractivity contribution >= 4 is 17.0 Å². The van der Waals surface area contributed by atoms with E-state index in [1.165, 1.54) is 0 Å². The number of anilines is 2. The minimum absolute atomic E-state index is 0.394. The first-order valence-corrected chi connectivity index (χ1v) is 6.81. The molecule has 6 nitrogen and oxygen atoms in total. The Kier molecular flexibility index (Phi) is 3.14. The zero-order chi connectivity index (χ0) is 14.1. The number of nitrogens with zero attached hydrogens (tertiary/aromatic N) is 5. The summed E-state index contributed by atoms with van der Waals surface area (Å²) in [5.41, 5.74) is 2.96. The van der Waals surface area contributed by atoms with Crippen molar-refractivity contribution in [2.45, 2.75) is 33.2 Å². The van der Waals surface area contributed by atoms with E-state index in [9.17, 15) is 0 Å². The van der Waals surface area contributed by atoms with Crippen LogP contribution >= 0.6 is 0 Å². The minimum atomic E-state index is 0.394. The van der Waals surface area contributed by atoms with Crippen LogP contribution in [-0.2, 0) is 6.54 Å². The Morgan fingerprint density at radius 3 is 2.90 bits per heavy atom. The van der Waals surface area contributed by atoms with Crippen molar-refractivity contribution in [3.63, 3.8) is 0 Å². The number of aryl methyl sites for hydroxylation is 1. The maximum Gasteiger partial charge on any atom is 0.156 e. The number of fused-ring (bicyclic) bond motifs is 1. The van der Waals surface area contributed by atoms with E-state index in [1.807, 2.05) is 21.6 Å². The lowest BCUT2D eigenvalue weighted by Gasteiger charge is -2.03. The van der Waals surface area contributed by atoms with Gasteiger partial charge in [0.2, 0.25) is 0 Å². The molecule has 6 heteroatoms. The molecule has 0 aliphatic heterocycles. The SMILES string of the molecule is CCn1cc(Nc2nccn3nc(C(C)C)cc23)cn1. The standard InChI is InChI=1S/C14H18N6/c1-4-19-9-11(8-16-19)17-14-13-7-12(10(2)3)18-20(13)6-5-15-14/h5-10H,4H2,1-3H3,(H,15,17). The first-order chi connectivity index (χ1) is 9.67. The molecule has 0 aliphatic rings. The molecular weight excluding hydrogens is 252 g/mol. The lowest BCUT2D eigenvalue weighted by molar-refractivity contribution is 0.660. The molecule has 3 rings (SSSR count). The Morgan fingerprint density at radius 2 is 2.20 bits per heavy atom. The smallest absolute Gasteiger partial charge is 0.156 e. The summed E-state index contributed by atoms with van der Waals surface area (Å²) in [4.78, 5) is 4.40. The molecule has 1 N–H and O–H groups in total.